The highest BCUT2D eigenvalue weighted by atomic mass is 32.2. The maximum Gasteiger partial charge on any atom is 0.00578 e. The molecule has 0 amide bonds. The molecule has 0 aromatic carbocycles. The van der Waals surface area contributed by atoms with E-state index in [1.807, 2.05) is 0 Å². The molecule has 1 atom stereocenters. The number of allylic oxidation sites excluding steroid dienone is 1. The van der Waals surface area contributed by atoms with Crippen LogP contribution in [0.3, 0.4) is 0 Å². The van der Waals surface area contributed by atoms with Crippen LogP contribution >= 0.6 is 10.5 Å². The quantitative estimate of drug-likeness (QED) is 0.542. The second kappa shape index (κ2) is 3.78. The maximum atomic E-state index is 4.15. The summed E-state index contributed by atoms with van der Waals surface area (Å²) in [5.74, 6) is 4.15. The standard InChI is InChI=1S/C11H22S/c1-10(2,3)8-9-12(7)11(4,5)6/h8-9H,7H2,1-6H3/b9-8-. The van der Waals surface area contributed by atoms with E-state index in [1.54, 1.807) is 0 Å². The van der Waals surface area contributed by atoms with Crippen LogP contribution in [0.5, 0.6) is 0 Å². The van der Waals surface area contributed by atoms with Gasteiger partial charge in [-0.15, -0.1) is 0 Å². The van der Waals surface area contributed by atoms with Crippen molar-refractivity contribution in [3.63, 3.8) is 0 Å². The summed E-state index contributed by atoms with van der Waals surface area (Å²) in [5.41, 5.74) is 0.286. The van der Waals surface area contributed by atoms with E-state index in [9.17, 15) is 0 Å². The zero-order chi connectivity index (χ0) is 9.99. The number of hydrogen-bond donors (Lipinski definition) is 0. The van der Waals surface area contributed by atoms with Gasteiger partial charge in [-0.2, -0.15) is 10.5 Å². The Bertz CT molecular complexity index is 186. The van der Waals surface area contributed by atoms with E-state index in [0.717, 1.165) is 0 Å². The molecule has 0 aliphatic heterocycles. The van der Waals surface area contributed by atoms with E-state index in [4.69, 9.17) is 0 Å². The fourth-order valence-electron chi connectivity index (χ4n) is 0.490. The van der Waals surface area contributed by atoms with Crippen LogP contribution in [0.2, 0.25) is 0 Å². The lowest BCUT2D eigenvalue weighted by Crippen LogP contribution is -2.09. The summed E-state index contributed by atoms with van der Waals surface area (Å²) in [6.45, 7) is 13.3. The van der Waals surface area contributed by atoms with E-state index in [0.29, 0.717) is 4.75 Å². The molecule has 0 aromatic heterocycles. The molecule has 0 aliphatic rings. The highest BCUT2D eigenvalue weighted by Crippen LogP contribution is 2.32. The van der Waals surface area contributed by atoms with Crippen molar-refractivity contribution in [1.82, 2.24) is 0 Å². The largest absolute Gasteiger partial charge is 0.164 e. The van der Waals surface area contributed by atoms with Crippen LogP contribution in [0.4, 0.5) is 0 Å². The normalized spacial score (nSPS) is 16.8. The minimum atomic E-state index is 0.136. The summed E-state index contributed by atoms with van der Waals surface area (Å²) < 4.78 is 0.307. The van der Waals surface area contributed by atoms with Gasteiger partial charge in [-0.1, -0.05) is 53.5 Å². The first-order valence-corrected chi connectivity index (χ1v) is 5.81. The molecule has 0 fully saturated rings. The molecule has 1 heteroatoms. The molecular formula is C11H22S. The minimum absolute atomic E-state index is 0.136. The summed E-state index contributed by atoms with van der Waals surface area (Å²) in [6.07, 6.45) is 2.26. The molecule has 0 heterocycles. The molecule has 0 N–H and O–H groups in total. The van der Waals surface area contributed by atoms with Crippen LogP contribution in [0, 0.1) is 5.41 Å². The minimum Gasteiger partial charge on any atom is -0.164 e. The summed E-state index contributed by atoms with van der Waals surface area (Å²) in [6, 6.07) is 0. The van der Waals surface area contributed by atoms with Crippen molar-refractivity contribution in [2.75, 3.05) is 0 Å². The van der Waals surface area contributed by atoms with Crippen molar-refractivity contribution in [1.29, 1.82) is 0 Å². The Morgan fingerprint density at radius 1 is 1.00 bits per heavy atom. The summed E-state index contributed by atoms with van der Waals surface area (Å²) in [5, 5.41) is 2.25. The van der Waals surface area contributed by atoms with Crippen LogP contribution in [-0.4, -0.2) is 10.6 Å². The molecule has 0 saturated carbocycles. The van der Waals surface area contributed by atoms with Gasteiger partial charge in [0.05, 0.1) is 0 Å². The average Bonchev–Trinajstić information content (AvgIpc) is 1.78. The van der Waals surface area contributed by atoms with E-state index in [-0.39, 0.29) is 15.9 Å². The molecule has 0 rings (SSSR count). The Balaban J connectivity index is 4.30. The predicted octanol–water partition coefficient (Wildman–Crippen LogP) is 4.05. The third-order valence-corrected chi connectivity index (χ3v) is 3.56. The van der Waals surface area contributed by atoms with E-state index >= 15 is 0 Å². The summed E-state index contributed by atoms with van der Waals surface area (Å²) >= 11 is 0. The molecule has 0 aliphatic carbocycles. The van der Waals surface area contributed by atoms with Crippen molar-refractivity contribution >= 4 is 16.4 Å². The van der Waals surface area contributed by atoms with Crippen LogP contribution in [-0.2, 0) is 0 Å². The van der Waals surface area contributed by atoms with Crippen LogP contribution in [0.15, 0.2) is 11.5 Å². The smallest absolute Gasteiger partial charge is 0.00578 e. The van der Waals surface area contributed by atoms with Crippen LogP contribution in [0.1, 0.15) is 41.5 Å². The van der Waals surface area contributed by atoms with Gasteiger partial charge in [0, 0.05) is 4.75 Å². The first-order chi connectivity index (χ1) is 5.13. The van der Waals surface area contributed by atoms with Gasteiger partial charge < -0.3 is 0 Å². The highest BCUT2D eigenvalue weighted by Gasteiger charge is 2.12. The van der Waals surface area contributed by atoms with Gasteiger partial charge in [0.2, 0.25) is 0 Å². The highest BCUT2D eigenvalue weighted by molar-refractivity contribution is 8.17. The van der Waals surface area contributed by atoms with Gasteiger partial charge in [0.1, 0.15) is 0 Å². The molecule has 0 nitrogen and oxygen atoms in total. The SMILES string of the molecule is C=S(/C=C\C(C)(C)C)C(C)(C)C. The molecule has 12 heavy (non-hydrogen) atoms. The molecule has 0 spiro atoms. The van der Waals surface area contributed by atoms with E-state index in [2.05, 4.69) is 58.9 Å². The van der Waals surface area contributed by atoms with Crippen LogP contribution in [0.25, 0.3) is 0 Å². The van der Waals surface area contributed by atoms with Crippen LogP contribution < -0.4 is 0 Å². The fourth-order valence-corrected chi connectivity index (χ4v) is 1.47. The zero-order valence-corrected chi connectivity index (χ0v) is 10.1. The van der Waals surface area contributed by atoms with Crippen molar-refractivity contribution in [3.8, 4) is 0 Å². The Labute approximate surface area is 80.0 Å². The molecule has 72 valence electrons. The van der Waals surface area contributed by atoms with Gasteiger partial charge in [-0.05, 0) is 10.8 Å². The third kappa shape index (κ3) is 5.59. The Morgan fingerprint density at radius 2 is 1.42 bits per heavy atom. The summed E-state index contributed by atoms with van der Waals surface area (Å²) in [7, 11) is 0.136. The Hall–Kier alpha value is -0.0400. The lowest BCUT2D eigenvalue weighted by Gasteiger charge is -2.21. The second-order valence-electron chi connectivity index (χ2n) is 5.21. The van der Waals surface area contributed by atoms with E-state index < -0.39 is 0 Å². The molecule has 0 saturated heterocycles. The number of hydrogen-bond acceptors (Lipinski definition) is 0. The molecule has 0 aromatic rings. The molecule has 0 radical (unpaired) electrons. The monoisotopic (exact) mass is 186 g/mol. The lowest BCUT2D eigenvalue weighted by atomic mass is 9.98. The van der Waals surface area contributed by atoms with Gasteiger partial charge in [0.15, 0.2) is 0 Å². The average molecular weight is 186 g/mol. The van der Waals surface area contributed by atoms with Crippen molar-refractivity contribution in [2.45, 2.75) is 46.3 Å². The zero-order valence-electron chi connectivity index (χ0n) is 9.27. The second-order valence-corrected chi connectivity index (χ2v) is 7.56. The van der Waals surface area contributed by atoms with E-state index in [1.165, 1.54) is 0 Å². The third-order valence-electron chi connectivity index (χ3n) is 1.52. The lowest BCUT2D eigenvalue weighted by molar-refractivity contribution is 0.545. The topological polar surface area (TPSA) is 0 Å². The van der Waals surface area contributed by atoms with Gasteiger partial charge in [0.25, 0.3) is 0 Å². The van der Waals surface area contributed by atoms with Gasteiger partial charge in [-0.25, -0.2) is 0 Å². The fraction of sp³-hybridized carbons (Fsp3) is 0.727. The van der Waals surface area contributed by atoms with Gasteiger partial charge in [-0.3, -0.25) is 0 Å². The Kier molecular flexibility index (Phi) is 3.77. The number of rotatable bonds is 1. The summed E-state index contributed by atoms with van der Waals surface area (Å²) in [4.78, 5) is 0. The molecule has 0 bridgehead atoms. The first-order valence-electron chi connectivity index (χ1n) is 4.35. The van der Waals surface area contributed by atoms with Crippen molar-refractivity contribution < 1.29 is 0 Å². The first kappa shape index (κ1) is 12.0. The Morgan fingerprint density at radius 3 is 1.67 bits per heavy atom. The molecule has 1 unspecified atom stereocenters. The van der Waals surface area contributed by atoms with Gasteiger partial charge >= 0.3 is 0 Å². The predicted molar refractivity (Wildman–Crippen MR) is 63.1 cm³/mol. The van der Waals surface area contributed by atoms with Crippen molar-refractivity contribution in [2.24, 2.45) is 5.41 Å². The van der Waals surface area contributed by atoms with Crippen molar-refractivity contribution in [3.05, 3.63) is 11.5 Å². The molecular weight excluding hydrogens is 164 g/mol. The maximum absolute atomic E-state index is 4.15.